The zero-order valence-corrected chi connectivity index (χ0v) is 20.6. The fourth-order valence-electron chi connectivity index (χ4n) is 3.45. The van der Waals surface area contributed by atoms with Gasteiger partial charge in [-0.1, -0.05) is 92.4 Å². The highest BCUT2D eigenvalue weighted by atomic mass is 31.3. The summed E-state index contributed by atoms with van der Waals surface area (Å²) in [5, 5.41) is 0. The van der Waals surface area contributed by atoms with Gasteiger partial charge in [0.1, 0.15) is 0 Å². The van der Waals surface area contributed by atoms with Gasteiger partial charge in [-0.2, -0.15) is 0 Å². The Morgan fingerprint density at radius 1 is 0.655 bits per heavy atom. The SMILES string of the molecule is CC(C)CCCC(C)CCCC(C)CCCC(C)CCOP(=O)([O-])OP(=O)([O-])[O-]. The van der Waals surface area contributed by atoms with Gasteiger partial charge in [0.25, 0.3) is 7.82 Å². The molecule has 0 spiro atoms. The van der Waals surface area contributed by atoms with E-state index in [1.807, 2.05) is 6.92 Å². The highest BCUT2D eigenvalue weighted by Gasteiger charge is 2.13. The van der Waals surface area contributed by atoms with Gasteiger partial charge in [-0.25, -0.2) is 0 Å². The maximum atomic E-state index is 11.2. The van der Waals surface area contributed by atoms with E-state index >= 15 is 0 Å². The molecule has 4 atom stereocenters. The zero-order chi connectivity index (χ0) is 22.5. The van der Waals surface area contributed by atoms with E-state index in [0.717, 1.165) is 31.1 Å². The predicted octanol–water partition coefficient (Wildman–Crippen LogP) is 4.78. The monoisotopic (exact) mass is 455 g/mol. The molecule has 29 heavy (non-hydrogen) atoms. The summed E-state index contributed by atoms with van der Waals surface area (Å²) in [6, 6.07) is 0. The predicted molar refractivity (Wildman–Crippen MR) is 111 cm³/mol. The van der Waals surface area contributed by atoms with Crippen molar-refractivity contribution in [2.75, 3.05) is 6.61 Å². The van der Waals surface area contributed by atoms with E-state index in [1.54, 1.807) is 0 Å². The number of hydrogen-bond donors (Lipinski definition) is 0. The van der Waals surface area contributed by atoms with Crippen LogP contribution in [0, 0.1) is 23.7 Å². The van der Waals surface area contributed by atoms with Gasteiger partial charge in [-0.05, 0) is 30.1 Å². The molecule has 0 amide bonds. The molecule has 0 aromatic carbocycles. The fourth-order valence-corrected chi connectivity index (χ4v) is 4.95. The van der Waals surface area contributed by atoms with Gasteiger partial charge in [0.05, 0.1) is 14.4 Å². The standard InChI is InChI=1S/C20H44O7P2/c1-17(2)9-6-10-18(3)11-7-12-19(4)13-8-14-20(5)15-16-26-29(24,25)27-28(21,22)23/h17-20H,6-16H2,1-5H3,(H,24,25)(H2,21,22,23)/p-3. The number of phosphoric acid groups is 2. The third-order valence-corrected chi connectivity index (χ3v) is 7.42. The second-order valence-corrected chi connectivity index (χ2v) is 11.8. The van der Waals surface area contributed by atoms with E-state index in [1.165, 1.54) is 38.5 Å². The third kappa shape index (κ3) is 19.9. The molecule has 0 aliphatic carbocycles. The molecule has 0 aromatic rings. The molecule has 0 fully saturated rings. The lowest BCUT2D eigenvalue weighted by molar-refractivity contribution is -0.339. The van der Waals surface area contributed by atoms with Crippen LogP contribution in [-0.4, -0.2) is 6.61 Å². The highest BCUT2D eigenvalue weighted by Crippen LogP contribution is 2.50. The summed E-state index contributed by atoms with van der Waals surface area (Å²) in [7, 11) is -10.7. The van der Waals surface area contributed by atoms with E-state index in [-0.39, 0.29) is 12.5 Å². The summed E-state index contributed by atoms with van der Waals surface area (Å²) in [6.45, 7) is 11.0. The molecule has 0 N–H and O–H groups in total. The van der Waals surface area contributed by atoms with Gasteiger partial charge in [0.2, 0.25) is 0 Å². The number of phosphoric ester groups is 1. The van der Waals surface area contributed by atoms with Crippen molar-refractivity contribution in [1.29, 1.82) is 0 Å². The van der Waals surface area contributed by atoms with Gasteiger partial charge >= 0.3 is 0 Å². The molecule has 0 heterocycles. The second-order valence-electron chi connectivity index (χ2n) is 9.10. The first kappa shape index (κ1) is 29.3. The van der Waals surface area contributed by atoms with Crippen molar-refractivity contribution in [1.82, 2.24) is 0 Å². The first-order valence-electron chi connectivity index (χ1n) is 11.0. The lowest BCUT2D eigenvalue weighted by atomic mass is 9.91. The summed E-state index contributed by atoms with van der Waals surface area (Å²) in [6.07, 6.45) is 11.4. The molecule has 0 aliphatic heterocycles. The van der Waals surface area contributed by atoms with E-state index in [9.17, 15) is 23.8 Å². The molecular weight excluding hydrogens is 414 g/mol. The Kier molecular flexibility index (Phi) is 15.3. The lowest BCUT2D eigenvalue weighted by Gasteiger charge is -2.35. The van der Waals surface area contributed by atoms with Crippen LogP contribution in [0.15, 0.2) is 0 Å². The van der Waals surface area contributed by atoms with Gasteiger partial charge in [-0.3, -0.25) is 8.88 Å². The first-order valence-corrected chi connectivity index (χ1v) is 13.9. The van der Waals surface area contributed by atoms with Crippen LogP contribution in [0.4, 0.5) is 0 Å². The summed E-state index contributed by atoms with van der Waals surface area (Å²) in [5.74, 6) is 2.53. The van der Waals surface area contributed by atoms with Crippen molar-refractivity contribution in [3.8, 4) is 0 Å². The Morgan fingerprint density at radius 3 is 1.41 bits per heavy atom. The topological polar surface area (TPSA) is 122 Å². The van der Waals surface area contributed by atoms with Crippen LogP contribution in [0.2, 0.25) is 0 Å². The molecule has 4 unspecified atom stereocenters. The maximum Gasteiger partial charge on any atom is 0.271 e. The van der Waals surface area contributed by atoms with Gasteiger partial charge in [0.15, 0.2) is 0 Å². The van der Waals surface area contributed by atoms with Crippen molar-refractivity contribution in [2.45, 2.75) is 98.8 Å². The Morgan fingerprint density at radius 2 is 1.03 bits per heavy atom. The van der Waals surface area contributed by atoms with Crippen LogP contribution in [0.5, 0.6) is 0 Å². The molecule has 9 heteroatoms. The smallest absolute Gasteiger partial charge is 0.271 e. The minimum atomic E-state index is -5.61. The van der Waals surface area contributed by atoms with Gasteiger partial charge in [0, 0.05) is 0 Å². The van der Waals surface area contributed by atoms with Crippen LogP contribution in [0.3, 0.4) is 0 Å². The van der Waals surface area contributed by atoms with Crippen molar-refractivity contribution in [3.05, 3.63) is 0 Å². The van der Waals surface area contributed by atoms with Crippen LogP contribution in [0.1, 0.15) is 98.8 Å². The first-order chi connectivity index (χ1) is 13.3. The summed E-state index contributed by atoms with van der Waals surface area (Å²) < 4.78 is 29.4. The largest absolute Gasteiger partial charge is 0.790 e. The minimum Gasteiger partial charge on any atom is -0.790 e. The minimum absolute atomic E-state index is 0.188. The Bertz CT molecular complexity index is 507. The normalized spacial score (nSPS) is 17.8. The Balaban J connectivity index is 3.76. The summed E-state index contributed by atoms with van der Waals surface area (Å²) in [5.41, 5.74) is 0. The fraction of sp³-hybridized carbons (Fsp3) is 1.00. The Labute approximate surface area is 177 Å². The van der Waals surface area contributed by atoms with Crippen LogP contribution >= 0.6 is 15.6 Å². The highest BCUT2D eigenvalue weighted by molar-refractivity contribution is 7.58. The molecule has 0 saturated carbocycles. The average molecular weight is 455 g/mol. The van der Waals surface area contributed by atoms with E-state index in [2.05, 4.69) is 36.5 Å². The van der Waals surface area contributed by atoms with Gasteiger partial charge in [-0.15, -0.1) is 0 Å². The molecule has 7 nitrogen and oxygen atoms in total. The number of rotatable bonds is 18. The van der Waals surface area contributed by atoms with E-state index in [0.29, 0.717) is 12.3 Å². The molecule has 0 rings (SSSR count). The van der Waals surface area contributed by atoms with Crippen LogP contribution in [0.25, 0.3) is 0 Å². The summed E-state index contributed by atoms with van der Waals surface area (Å²) in [4.78, 5) is 31.8. The molecule has 0 aliphatic rings. The zero-order valence-electron chi connectivity index (χ0n) is 18.8. The third-order valence-electron chi connectivity index (χ3n) is 5.33. The van der Waals surface area contributed by atoms with Crippen molar-refractivity contribution in [3.63, 3.8) is 0 Å². The molecule has 0 aromatic heterocycles. The average Bonchev–Trinajstić information content (AvgIpc) is 2.51. The lowest BCUT2D eigenvalue weighted by Crippen LogP contribution is -2.19. The van der Waals surface area contributed by atoms with Crippen LogP contribution in [-0.2, 0) is 18.0 Å². The Hall–Kier alpha value is 0.260. The van der Waals surface area contributed by atoms with E-state index in [4.69, 9.17) is 0 Å². The molecule has 0 saturated heterocycles. The molecular formula is C20H41O7P2-3. The quantitative estimate of drug-likeness (QED) is 0.273. The summed E-state index contributed by atoms with van der Waals surface area (Å²) >= 11 is 0. The van der Waals surface area contributed by atoms with Crippen molar-refractivity contribution < 1.29 is 32.6 Å². The maximum absolute atomic E-state index is 11.2. The van der Waals surface area contributed by atoms with E-state index < -0.39 is 15.6 Å². The van der Waals surface area contributed by atoms with Gasteiger partial charge < -0.3 is 23.8 Å². The molecule has 176 valence electrons. The van der Waals surface area contributed by atoms with Crippen molar-refractivity contribution in [2.24, 2.45) is 23.7 Å². The second kappa shape index (κ2) is 15.1. The number of hydrogen-bond acceptors (Lipinski definition) is 7. The van der Waals surface area contributed by atoms with Crippen molar-refractivity contribution >= 4 is 15.6 Å². The van der Waals surface area contributed by atoms with Crippen LogP contribution < -0.4 is 14.7 Å². The molecule has 0 radical (unpaired) electrons. The molecule has 0 bridgehead atoms.